The fourth-order valence-corrected chi connectivity index (χ4v) is 3.06. The van der Waals surface area contributed by atoms with Gasteiger partial charge in [-0.3, -0.25) is 4.99 Å². The Balaban J connectivity index is 0.00000264. The standard InChI is InChI=1S/C17H33N3O2.HI/c1-4-18-16(20-10-8-17(2,3)14-20)19-9-6-11-21-13-15-7-5-12-22-15;/h15H,4-14H2,1-3H3,(H,18,19);1H. The molecule has 0 saturated carbocycles. The molecule has 2 fully saturated rings. The second kappa shape index (κ2) is 10.7. The van der Waals surface area contributed by atoms with Crippen molar-refractivity contribution >= 4 is 29.9 Å². The normalized spacial score (nSPS) is 23.9. The molecule has 5 nitrogen and oxygen atoms in total. The van der Waals surface area contributed by atoms with Gasteiger partial charge in [-0.05, 0) is 38.0 Å². The molecule has 1 N–H and O–H groups in total. The second-order valence-corrected chi connectivity index (χ2v) is 7.13. The summed E-state index contributed by atoms with van der Waals surface area (Å²) in [6, 6.07) is 0. The molecule has 2 heterocycles. The molecule has 0 radical (unpaired) electrons. The first-order valence-electron chi connectivity index (χ1n) is 8.83. The van der Waals surface area contributed by atoms with Crippen molar-refractivity contribution in [3.05, 3.63) is 0 Å². The molecule has 23 heavy (non-hydrogen) atoms. The largest absolute Gasteiger partial charge is 0.379 e. The Kier molecular flexibility index (Phi) is 9.77. The zero-order valence-electron chi connectivity index (χ0n) is 15.0. The van der Waals surface area contributed by atoms with Crippen LogP contribution in [-0.4, -0.2) is 63.0 Å². The maximum atomic E-state index is 5.69. The van der Waals surface area contributed by atoms with E-state index in [1.807, 2.05) is 0 Å². The molecule has 0 spiro atoms. The van der Waals surface area contributed by atoms with Crippen LogP contribution in [0.2, 0.25) is 0 Å². The molecule has 2 saturated heterocycles. The van der Waals surface area contributed by atoms with Crippen LogP contribution >= 0.6 is 24.0 Å². The molecular weight excluding hydrogens is 405 g/mol. The van der Waals surface area contributed by atoms with Crippen LogP contribution in [0.5, 0.6) is 0 Å². The van der Waals surface area contributed by atoms with Crippen molar-refractivity contribution in [3.63, 3.8) is 0 Å². The van der Waals surface area contributed by atoms with Crippen molar-refractivity contribution in [3.8, 4) is 0 Å². The summed E-state index contributed by atoms with van der Waals surface area (Å²) < 4.78 is 11.2. The van der Waals surface area contributed by atoms with Gasteiger partial charge in [0.15, 0.2) is 5.96 Å². The van der Waals surface area contributed by atoms with Gasteiger partial charge in [-0.2, -0.15) is 0 Å². The maximum Gasteiger partial charge on any atom is 0.193 e. The molecule has 0 aromatic rings. The molecule has 1 atom stereocenters. The Bertz CT molecular complexity index is 358. The minimum absolute atomic E-state index is 0. The van der Waals surface area contributed by atoms with E-state index in [2.05, 4.69) is 31.0 Å². The summed E-state index contributed by atoms with van der Waals surface area (Å²) in [6.45, 7) is 13.1. The SMILES string of the molecule is CCNC(=NCCCOCC1CCCO1)N1CCC(C)(C)C1.I. The highest BCUT2D eigenvalue weighted by Crippen LogP contribution is 2.28. The first-order valence-corrected chi connectivity index (χ1v) is 8.83. The molecule has 2 aliphatic heterocycles. The maximum absolute atomic E-state index is 5.69. The van der Waals surface area contributed by atoms with E-state index in [1.165, 1.54) is 12.8 Å². The Morgan fingerprint density at radius 3 is 2.87 bits per heavy atom. The van der Waals surface area contributed by atoms with Crippen molar-refractivity contribution < 1.29 is 9.47 Å². The van der Waals surface area contributed by atoms with Crippen molar-refractivity contribution in [1.82, 2.24) is 10.2 Å². The van der Waals surface area contributed by atoms with Crippen LogP contribution in [0.3, 0.4) is 0 Å². The van der Waals surface area contributed by atoms with Crippen LogP contribution in [0, 0.1) is 5.41 Å². The topological polar surface area (TPSA) is 46.1 Å². The average Bonchev–Trinajstić information content (AvgIpc) is 3.10. The molecule has 2 rings (SSSR count). The Morgan fingerprint density at radius 2 is 2.26 bits per heavy atom. The van der Waals surface area contributed by atoms with Crippen molar-refractivity contribution in [2.45, 2.75) is 52.6 Å². The molecule has 0 aromatic heterocycles. The monoisotopic (exact) mass is 439 g/mol. The van der Waals surface area contributed by atoms with Crippen LogP contribution < -0.4 is 5.32 Å². The van der Waals surface area contributed by atoms with E-state index in [0.29, 0.717) is 11.5 Å². The summed E-state index contributed by atoms with van der Waals surface area (Å²) in [6.07, 6.45) is 4.86. The first-order chi connectivity index (χ1) is 10.6. The lowest BCUT2D eigenvalue weighted by atomic mass is 9.93. The molecule has 2 aliphatic rings. The Morgan fingerprint density at radius 1 is 1.43 bits per heavy atom. The molecule has 136 valence electrons. The smallest absolute Gasteiger partial charge is 0.193 e. The van der Waals surface area contributed by atoms with E-state index >= 15 is 0 Å². The number of ether oxygens (including phenoxy) is 2. The average molecular weight is 439 g/mol. The molecule has 6 heteroatoms. The van der Waals surface area contributed by atoms with Crippen LogP contribution in [0.1, 0.15) is 46.5 Å². The van der Waals surface area contributed by atoms with Crippen molar-refractivity contribution in [2.75, 3.05) is 46.0 Å². The predicted octanol–water partition coefficient (Wildman–Crippen LogP) is 2.89. The van der Waals surface area contributed by atoms with Gasteiger partial charge in [0.2, 0.25) is 0 Å². The summed E-state index contributed by atoms with van der Waals surface area (Å²) in [5.41, 5.74) is 0.403. The number of nitrogens with zero attached hydrogens (tertiary/aromatic N) is 2. The predicted molar refractivity (Wildman–Crippen MR) is 106 cm³/mol. The van der Waals surface area contributed by atoms with Gasteiger partial charge in [-0.15, -0.1) is 24.0 Å². The minimum Gasteiger partial charge on any atom is -0.379 e. The van der Waals surface area contributed by atoms with Crippen molar-refractivity contribution in [2.24, 2.45) is 10.4 Å². The molecule has 0 amide bonds. The number of hydrogen-bond donors (Lipinski definition) is 1. The highest BCUT2D eigenvalue weighted by atomic mass is 127. The number of nitrogens with one attached hydrogen (secondary N) is 1. The van der Waals surface area contributed by atoms with Crippen LogP contribution in [0.25, 0.3) is 0 Å². The quantitative estimate of drug-likeness (QED) is 0.287. The third-order valence-electron chi connectivity index (χ3n) is 4.35. The van der Waals surface area contributed by atoms with E-state index in [4.69, 9.17) is 14.5 Å². The zero-order chi connectivity index (χ0) is 15.8. The summed E-state index contributed by atoms with van der Waals surface area (Å²) in [4.78, 5) is 7.14. The number of hydrogen-bond acceptors (Lipinski definition) is 3. The highest BCUT2D eigenvalue weighted by Gasteiger charge is 2.30. The second-order valence-electron chi connectivity index (χ2n) is 7.13. The molecule has 1 unspecified atom stereocenters. The third-order valence-corrected chi connectivity index (χ3v) is 4.35. The Hall–Kier alpha value is -0.0800. The molecule has 0 aromatic carbocycles. The first kappa shape index (κ1) is 21.0. The number of aliphatic imine (C=N–C) groups is 1. The van der Waals surface area contributed by atoms with Gasteiger partial charge in [-0.1, -0.05) is 13.8 Å². The van der Waals surface area contributed by atoms with E-state index in [1.54, 1.807) is 0 Å². The van der Waals surface area contributed by atoms with Gasteiger partial charge in [0.05, 0.1) is 12.7 Å². The van der Waals surface area contributed by atoms with Crippen LogP contribution in [-0.2, 0) is 9.47 Å². The summed E-state index contributed by atoms with van der Waals surface area (Å²) >= 11 is 0. The number of halogens is 1. The molecule has 0 aliphatic carbocycles. The van der Waals surface area contributed by atoms with Gasteiger partial charge in [-0.25, -0.2) is 0 Å². The van der Waals surface area contributed by atoms with Gasteiger partial charge in [0.1, 0.15) is 0 Å². The lowest BCUT2D eigenvalue weighted by Crippen LogP contribution is -2.40. The summed E-state index contributed by atoms with van der Waals surface area (Å²) in [5.74, 6) is 1.06. The van der Waals surface area contributed by atoms with Crippen LogP contribution in [0.4, 0.5) is 0 Å². The lowest BCUT2D eigenvalue weighted by Gasteiger charge is -2.23. The number of rotatable bonds is 7. The van der Waals surface area contributed by atoms with E-state index in [0.717, 1.165) is 64.8 Å². The van der Waals surface area contributed by atoms with Crippen LogP contribution in [0.15, 0.2) is 4.99 Å². The molecular formula is C17H34IN3O2. The van der Waals surface area contributed by atoms with E-state index in [9.17, 15) is 0 Å². The van der Waals surface area contributed by atoms with Gasteiger partial charge < -0.3 is 19.7 Å². The van der Waals surface area contributed by atoms with Gasteiger partial charge in [0, 0.05) is 39.4 Å². The van der Waals surface area contributed by atoms with Crippen molar-refractivity contribution in [1.29, 1.82) is 0 Å². The minimum atomic E-state index is 0. The number of likely N-dealkylation sites (tertiary alicyclic amines) is 1. The zero-order valence-corrected chi connectivity index (χ0v) is 17.3. The highest BCUT2D eigenvalue weighted by molar-refractivity contribution is 14.0. The van der Waals surface area contributed by atoms with E-state index in [-0.39, 0.29) is 24.0 Å². The molecule has 0 bridgehead atoms. The Labute approximate surface area is 158 Å². The van der Waals surface area contributed by atoms with E-state index < -0.39 is 0 Å². The number of guanidine groups is 1. The lowest BCUT2D eigenvalue weighted by molar-refractivity contribution is 0.0170. The third kappa shape index (κ3) is 7.56. The fraction of sp³-hybridized carbons (Fsp3) is 0.941. The van der Waals surface area contributed by atoms with Gasteiger partial charge in [0.25, 0.3) is 0 Å². The van der Waals surface area contributed by atoms with Gasteiger partial charge >= 0.3 is 0 Å². The summed E-state index contributed by atoms with van der Waals surface area (Å²) in [7, 11) is 0. The fourth-order valence-electron chi connectivity index (χ4n) is 3.06. The summed E-state index contributed by atoms with van der Waals surface area (Å²) in [5, 5.41) is 3.41.